The molecule has 1 aromatic heterocycles. The number of fused-ring (bicyclic) bond motifs is 1. The molecule has 1 atom stereocenters. The second kappa shape index (κ2) is 13.7. The molecule has 3 aromatic carbocycles. The number of nitrogens with one attached hydrogen (secondary N) is 2. The van der Waals surface area contributed by atoms with E-state index in [2.05, 4.69) is 10.6 Å². The molecule has 2 amide bonds. The molecule has 4 rings (SSSR count). The molecule has 1 unspecified atom stereocenters. The molecule has 0 saturated heterocycles. The van der Waals surface area contributed by atoms with Crippen LogP contribution in [0.1, 0.15) is 41.8 Å². The number of hydrogen-bond donors (Lipinski definition) is 2. The van der Waals surface area contributed by atoms with Crippen molar-refractivity contribution in [2.45, 2.75) is 45.8 Å². The summed E-state index contributed by atoms with van der Waals surface area (Å²) in [5, 5.41) is 6.12. The van der Waals surface area contributed by atoms with Crippen molar-refractivity contribution in [1.82, 2.24) is 19.8 Å². The van der Waals surface area contributed by atoms with Crippen LogP contribution in [0.25, 0.3) is 10.9 Å². The Morgan fingerprint density at radius 3 is 2.26 bits per heavy atom. The van der Waals surface area contributed by atoms with E-state index in [-0.39, 0.29) is 30.9 Å². The van der Waals surface area contributed by atoms with Crippen LogP contribution in [0.5, 0.6) is 11.5 Å². The second-order valence-corrected chi connectivity index (χ2v) is 10.0. The molecule has 0 aliphatic carbocycles. The van der Waals surface area contributed by atoms with Gasteiger partial charge in [-0.15, -0.1) is 0 Å². The quantitative estimate of drug-likeness (QED) is 0.269. The van der Waals surface area contributed by atoms with Crippen molar-refractivity contribution in [1.29, 1.82) is 0 Å². The Morgan fingerprint density at radius 2 is 1.57 bits per heavy atom. The minimum Gasteiger partial charge on any atom is -0.493 e. The van der Waals surface area contributed by atoms with Gasteiger partial charge in [0.1, 0.15) is 6.54 Å². The normalized spacial score (nSPS) is 11.6. The molecule has 2 N–H and O–H groups in total. The number of carbonyl (C=O) groups is 2. The van der Waals surface area contributed by atoms with Crippen LogP contribution in [0.2, 0.25) is 0 Å². The van der Waals surface area contributed by atoms with E-state index in [1.54, 1.807) is 62.8 Å². The lowest BCUT2D eigenvalue weighted by Crippen LogP contribution is -2.43. The van der Waals surface area contributed by atoms with Gasteiger partial charge in [0.05, 0.1) is 31.7 Å². The van der Waals surface area contributed by atoms with E-state index in [4.69, 9.17) is 9.47 Å². The van der Waals surface area contributed by atoms with Gasteiger partial charge in [0.15, 0.2) is 11.5 Å². The summed E-state index contributed by atoms with van der Waals surface area (Å²) in [6.07, 6.45) is 1.36. The maximum atomic E-state index is 13.5. The maximum Gasteiger partial charge on any atom is 0.332 e. The average molecular weight is 573 g/mol. The zero-order valence-electron chi connectivity index (χ0n) is 24.3. The highest BCUT2D eigenvalue weighted by atomic mass is 16.5. The molecule has 0 radical (unpaired) electrons. The smallest absolute Gasteiger partial charge is 0.332 e. The Balaban J connectivity index is 1.48. The van der Waals surface area contributed by atoms with Crippen molar-refractivity contribution < 1.29 is 19.1 Å². The molecule has 0 aliphatic heterocycles. The number of para-hydroxylation sites is 1. The monoisotopic (exact) mass is 572 g/mol. The zero-order chi connectivity index (χ0) is 30.2. The van der Waals surface area contributed by atoms with Crippen LogP contribution in [-0.2, 0) is 24.3 Å². The highest BCUT2D eigenvalue weighted by Gasteiger charge is 2.17. The molecule has 0 bridgehead atoms. The van der Waals surface area contributed by atoms with Crippen LogP contribution in [0, 0.1) is 0 Å². The molecule has 10 nitrogen and oxygen atoms in total. The van der Waals surface area contributed by atoms with Gasteiger partial charge >= 0.3 is 5.69 Å². The number of nitrogens with zero attached hydrogens (tertiary/aromatic N) is 2. The summed E-state index contributed by atoms with van der Waals surface area (Å²) in [7, 11) is 3.15. The van der Waals surface area contributed by atoms with Crippen LogP contribution >= 0.6 is 0 Å². The summed E-state index contributed by atoms with van der Waals surface area (Å²) in [5.41, 5.74) is 1.51. The minimum absolute atomic E-state index is 0.00329. The molecule has 1 heterocycles. The van der Waals surface area contributed by atoms with Crippen LogP contribution in [0.4, 0.5) is 0 Å². The fourth-order valence-electron chi connectivity index (χ4n) is 4.63. The standard InChI is InChI=1S/C32H36N4O6/c1-5-21(2)34-29(37)20-35-26-9-7-6-8-25(26)31(39)36(32(35)40)19-23-10-13-24(14-11-23)30(38)33-17-16-22-12-15-27(41-3)28(18-22)42-4/h6-15,18,21H,5,16-17,19-20H2,1-4H3,(H,33,38)(H,34,37). The van der Waals surface area contributed by atoms with Crippen LogP contribution < -0.4 is 31.4 Å². The Hall–Kier alpha value is -4.86. The van der Waals surface area contributed by atoms with Gasteiger partial charge in [0.25, 0.3) is 11.5 Å². The van der Waals surface area contributed by atoms with Gasteiger partial charge in [-0.3, -0.25) is 23.5 Å². The first-order chi connectivity index (χ1) is 20.2. The van der Waals surface area contributed by atoms with E-state index in [0.717, 1.165) is 16.6 Å². The zero-order valence-corrected chi connectivity index (χ0v) is 24.3. The van der Waals surface area contributed by atoms with Crippen molar-refractivity contribution in [3.05, 3.63) is 104 Å². The number of amides is 2. The van der Waals surface area contributed by atoms with Gasteiger partial charge in [-0.2, -0.15) is 0 Å². The third-order valence-electron chi connectivity index (χ3n) is 7.16. The summed E-state index contributed by atoms with van der Waals surface area (Å²) < 4.78 is 13.0. The molecule has 10 heteroatoms. The number of methoxy groups -OCH3 is 2. The number of rotatable bonds is 12. The number of ether oxygens (including phenoxy) is 2. The summed E-state index contributed by atoms with van der Waals surface area (Å²) in [6, 6.07) is 19.1. The molecule has 0 aliphatic rings. The molecule has 4 aromatic rings. The largest absolute Gasteiger partial charge is 0.493 e. The van der Waals surface area contributed by atoms with E-state index < -0.39 is 11.2 Å². The summed E-state index contributed by atoms with van der Waals surface area (Å²) in [5.74, 6) is 0.730. The first-order valence-corrected chi connectivity index (χ1v) is 13.9. The van der Waals surface area contributed by atoms with Crippen molar-refractivity contribution in [2.75, 3.05) is 20.8 Å². The van der Waals surface area contributed by atoms with E-state index in [1.165, 1.54) is 4.57 Å². The van der Waals surface area contributed by atoms with E-state index in [9.17, 15) is 19.2 Å². The van der Waals surface area contributed by atoms with E-state index in [0.29, 0.717) is 46.5 Å². The molecule has 42 heavy (non-hydrogen) atoms. The Morgan fingerprint density at radius 1 is 0.881 bits per heavy atom. The first kappa shape index (κ1) is 30.1. The predicted molar refractivity (Wildman–Crippen MR) is 161 cm³/mol. The van der Waals surface area contributed by atoms with Crippen molar-refractivity contribution in [2.24, 2.45) is 0 Å². The van der Waals surface area contributed by atoms with E-state index >= 15 is 0 Å². The third kappa shape index (κ3) is 6.88. The molecule has 0 spiro atoms. The van der Waals surface area contributed by atoms with Crippen LogP contribution in [0.3, 0.4) is 0 Å². The number of hydrogen-bond acceptors (Lipinski definition) is 6. The lowest BCUT2D eigenvalue weighted by Gasteiger charge is -2.16. The lowest BCUT2D eigenvalue weighted by atomic mass is 10.1. The van der Waals surface area contributed by atoms with Gasteiger partial charge in [-0.05, 0) is 67.3 Å². The van der Waals surface area contributed by atoms with Gasteiger partial charge in [0, 0.05) is 18.2 Å². The third-order valence-corrected chi connectivity index (χ3v) is 7.16. The number of aromatic nitrogens is 2. The maximum absolute atomic E-state index is 13.5. The second-order valence-electron chi connectivity index (χ2n) is 10.0. The molecular weight excluding hydrogens is 536 g/mol. The topological polar surface area (TPSA) is 121 Å². The minimum atomic E-state index is -0.574. The number of benzene rings is 3. The molecule has 0 saturated carbocycles. The first-order valence-electron chi connectivity index (χ1n) is 13.9. The number of carbonyl (C=O) groups excluding carboxylic acids is 2. The highest BCUT2D eigenvalue weighted by molar-refractivity contribution is 5.94. The van der Waals surface area contributed by atoms with E-state index in [1.807, 2.05) is 32.0 Å². The van der Waals surface area contributed by atoms with Gasteiger partial charge in [-0.25, -0.2) is 4.79 Å². The Labute approximate surface area is 243 Å². The van der Waals surface area contributed by atoms with Gasteiger partial charge in [0.2, 0.25) is 5.91 Å². The molecule has 0 fully saturated rings. The highest BCUT2D eigenvalue weighted by Crippen LogP contribution is 2.27. The van der Waals surface area contributed by atoms with Crippen molar-refractivity contribution >= 4 is 22.7 Å². The van der Waals surface area contributed by atoms with Crippen molar-refractivity contribution in [3.63, 3.8) is 0 Å². The van der Waals surface area contributed by atoms with Crippen molar-refractivity contribution in [3.8, 4) is 11.5 Å². The van der Waals surface area contributed by atoms with Crippen LogP contribution in [0.15, 0.2) is 76.3 Å². The van der Waals surface area contributed by atoms with Gasteiger partial charge < -0.3 is 20.1 Å². The summed E-state index contributed by atoms with van der Waals surface area (Å²) in [4.78, 5) is 52.1. The summed E-state index contributed by atoms with van der Waals surface area (Å²) in [6.45, 7) is 4.07. The fourth-order valence-corrected chi connectivity index (χ4v) is 4.63. The summed E-state index contributed by atoms with van der Waals surface area (Å²) >= 11 is 0. The predicted octanol–water partition coefficient (Wildman–Crippen LogP) is 3.12. The molecular formula is C32H36N4O6. The van der Waals surface area contributed by atoms with Gasteiger partial charge in [-0.1, -0.05) is 37.3 Å². The fraction of sp³-hybridized carbons (Fsp3) is 0.312. The Kier molecular flexibility index (Phi) is 9.80. The lowest BCUT2D eigenvalue weighted by molar-refractivity contribution is -0.122. The average Bonchev–Trinajstić information content (AvgIpc) is 3.01. The SMILES string of the molecule is CCC(C)NC(=O)Cn1c(=O)n(Cc2ccc(C(=O)NCCc3ccc(OC)c(OC)c3)cc2)c(=O)c2ccccc21. The van der Waals surface area contributed by atoms with Crippen LogP contribution in [-0.4, -0.2) is 47.8 Å². The Bertz CT molecular complexity index is 1690. The molecule has 220 valence electrons.